The van der Waals surface area contributed by atoms with Crippen molar-refractivity contribution in [3.8, 4) is 22.6 Å². The molecule has 2 aromatic carbocycles. The van der Waals surface area contributed by atoms with E-state index in [-0.39, 0.29) is 18.5 Å². The van der Waals surface area contributed by atoms with Crippen LogP contribution in [-0.2, 0) is 16.0 Å². The van der Waals surface area contributed by atoms with E-state index in [2.05, 4.69) is 4.98 Å². The fourth-order valence-electron chi connectivity index (χ4n) is 2.44. The van der Waals surface area contributed by atoms with E-state index in [4.69, 9.17) is 9.15 Å². The highest BCUT2D eigenvalue weighted by atomic mass is 16.5. The summed E-state index contributed by atoms with van der Waals surface area (Å²) in [7, 11) is 0. The Hall–Kier alpha value is -2.88. The first kappa shape index (κ1) is 16.0. The minimum Gasteiger partial charge on any atom is -0.463 e. The summed E-state index contributed by atoms with van der Waals surface area (Å²) in [5.41, 5.74) is 2.60. The van der Waals surface area contributed by atoms with Crippen LogP contribution in [0.2, 0.25) is 0 Å². The van der Waals surface area contributed by atoms with Crippen LogP contribution in [0, 0.1) is 0 Å². The molecule has 0 aliphatic rings. The number of aromatic nitrogens is 1. The lowest BCUT2D eigenvalue weighted by atomic mass is 10.1. The van der Waals surface area contributed by atoms with E-state index >= 15 is 0 Å². The molecule has 0 saturated carbocycles. The van der Waals surface area contributed by atoms with Crippen molar-refractivity contribution in [3.05, 3.63) is 66.6 Å². The lowest BCUT2D eigenvalue weighted by Gasteiger charge is -2.05. The Morgan fingerprint density at radius 3 is 2.17 bits per heavy atom. The van der Waals surface area contributed by atoms with Crippen LogP contribution in [0.5, 0.6) is 0 Å². The van der Waals surface area contributed by atoms with Crippen molar-refractivity contribution in [1.29, 1.82) is 0 Å². The van der Waals surface area contributed by atoms with Gasteiger partial charge in [-0.1, -0.05) is 60.7 Å². The van der Waals surface area contributed by atoms with E-state index in [1.54, 1.807) is 0 Å². The third kappa shape index (κ3) is 3.71. The smallest absolute Gasteiger partial charge is 0.315 e. The molecule has 24 heavy (non-hydrogen) atoms. The van der Waals surface area contributed by atoms with Gasteiger partial charge in [-0.3, -0.25) is 4.79 Å². The first-order chi connectivity index (χ1) is 11.6. The molecule has 3 aromatic rings. The van der Waals surface area contributed by atoms with Gasteiger partial charge >= 0.3 is 5.97 Å². The van der Waals surface area contributed by atoms with Crippen molar-refractivity contribution in [2.24, 2.45) is 0 Å². The molecule has 3 rings (SSSR count). The minimum absolute atomic E-state index is 0.0187. The summed E-state index contributed by atoms with van der Waals surface area (Å²) < 4.78 is 11.1. The molecule has 0 spiro atoms. The van der Waals surface area contributed by atoms with E-state index in [9.17, 15) is 4.79 Å². The zero-order valence-corrected chi connectivity index (χ0v) is 13.7. The summed E-state index contributed by atoms with van der Waals surface area (Å²) in [4.78, 5) is 16.4. The largest absolute Gasteiger partial charge is 0.463 e. The molecule has 0 bridgehead atoms. The molecule has 0 aliphatic heterocycles. The SMILES string of the molecule is CC(C)OC(=O)Cc1nc(-c2ccccc2)c(-c2ccccc2)o1. The quantitative estimate of drug-likeness (QED) is 0.649. The van der Waals surface area contributed by atoms with Crippen molar-refractivity contribution in [2.75, 3.05) is 0 Å². The molecule has 0 saturated heterocycles. The number of nitrogens with zero attached hydrogens (tertiary/aromatic N) is 1. The number of oxazole rings is 1. The molecular weight excluding hydrogens is 302 g/mol. The average molecular weight is 321 g/mol. The topological polar surface area (TPSA) is 52.3 Å². The first-order valence-corrected chi connectivity index (χ1v) is 7.93. The monoisotopic (exact) mass is 321 g/mol. The van der Waals surface area contributed by atoms with Crippen molar-refractivity contribution in [3.63, 3.8) is 0 Å². The van der Waals surface area contributed by atoms with Gasteiger partial charge in [-0.15, -0.1) is 0 Å². The molecule has 1 heterocycles. The summed E-state index contributed by atoms with van der Waals surface area (Å²) in [5, 5.41) is 0. The van der Waals surface area contributed by atoms with Crippen LogP contribution < -0.4 is 0 Å². The fraction of sp³-hybridized carbons (Fsp3) is 0.200. The van der Waals surface area contributed by atoms with Gasteiger partial charge in [0.2, 0.25) is 5.89 Å². The van der Waals surface area contributed by atoms with Gasteiger partial charge in [0.1, 0.15) is 12.1 Å². The number of carbonyl (C=O) groups is 1. The first-order valence-electron chi connectivity index (χ1n) is 7.93. The zero-order valence-electron chi connectivity index (χ0n) is 13.7. The maximum absolute atomic E-state index is 11.9. The van der Waals surface area contributed by atoms with Crippen LogP contribution in [0.4, 0.5) is 0 Å². The Kier molecular flexibility index (Phi) is 4.75. The van der Waals surface area contributed by atoms with E-state index in [1.807, 2.05) is 74.5 Å². The Morgan fingerprint density at radius 1 is 1.00 bits per heavy atom. The highest BCUT2D eigenvalue weighted by molar-refractivity contribution is 5.78. The van der Waals surface area contributed by atoms with Crippen LogP contribution in [0.25, 0.3) is 22.6 Å². The van der Waals surface area contributed by atoms with Gasteiger partial charge in [0.25, 0.3) is 0 Å². The van der Waals surface area contributed by atoms with Crippen LogP contribution >= 0.6 is 0 Å². The number of hydrogen-bond acceptors (Lipinski definition) is 4. The molecule has 0 aliphatic carbocycles. The lowest BCUT2D eigenvalue weighted by Crippen LogP contribution is -2.13. The number of ether oxygens (including phenoxy) is 1. The lowest BCUT2D eigenvalue weighted by molar-refractivity contribution is -0.146. The normalized spacial score (nSPS) is 10.8. The summed E-state index contributed by atoms with van der Waals surface area (Å²) >= 11 is 0. The Balaban J connectivity index is 1.99. The van der Waals surface area contributed by atoms with Crippen molar-refractivity contribution >= 4 is 5.97 Å². The average Bonchev–Trinajstić information content (AvgIpc) is 2.99. The Morgan fingerprint density at radius 2 is 1.58 bits per heavy atom. The summed E-state index contributed by atoms with van der Waals surface area (Å²) in [6, 6.07) is 19.6. The molecule has 0 amide bonds. The van der Waals surface area contributed by atoms with Gasteiger partial charge in [0.15, 0.2) is 5.76 Å². The highest BCUT2D eigenvalue weighted by Gasteiger charge is 2.19. The number of carbonyl (C=O) groups excluding carboxylic acids is 1. The summed E-state index contributed by atoms with van der Waals surface area (Å²) in [5.74, 6) is 0.679. The Labute approximate surface area is 141 Å². The molecular formula is C20H19NO3. The van der Waals surface area contributed by atoms with Gasteiger partial charge in [-0.2, -0.15) is 0 Å². The third-order valence-corrected chi connectivity index (χ3v) is 3.42. The van der Waals surface area contributed by atoms with Crippen LogP contribution in [0.3, 0.4) is 0 Å². The predicted molar refractivity (Wildman–Crippen MR) is 92.3 cm³/mol. The van der Waals surface area contributed by atoms with Crippen LogP contribution in [0.15, 0.2) is 65.1 Å². The molecule has 0 fully saturated rings. The number of rotatable bonds is 5. The van der Waals surface area contributed by atoms with Gasteiger partial charge in [-0.25, -0.2) is 4.98 Å². The van der Waals surface area contributed by atoms with Gasteiger partial charge in [-0.05, 0) is 13.8 Å². The van der Waals surface area contributed by atoms with Gasteiger partial charge in [0, 0.05) is 11.1 Å². The van der Waals surface area contributed by atoms with Gasteiger partial charge < -0.3 is 9.15 Å². The molecule has 1 aromatic heterocycles. The van der Waals surface area contributed by atoms with Gasteiger partial charge in [0.05, 0.1) is 6.10 Å². The molecule has 0 atom stereocenters. The van der Waals surface area contributed by atoms with Crippen molar-refractivity contribution in [1.82, 2.24) is 4.98 Å². The minimum atomic E-state index is -0.342. The fourth-order valence-corrected chi connectivity index (χ4v) is 2.44. The molecule has 122 valence electrons. The number of hydrogen-bond donors (Lipinski definition) is 0. The van der Waals surface area contributed by atoms with Crippen molar-refractivity contribution in [2.45, 2.75) is 26.4 Å². The second kappa shape index (κ2) is 7.13. The second-order valence-electron chi connectivity index (χ2n) is 5.73. The van der Waals surface area contributed by atoms with E-state index in [1.165, 1.54) is 0 Å². The van der Waals surface area contributed by atoms with Crippen LogP contribution in [-0.4, -0.2) is 17.1 Å². The predicted octanol–water partition coefficient (Wildman–Crippen LogP) is 4.50. The van der Waals surface area contributed by atoms with E-state index in [0.29, 0.717) is 11.7 Å². The highest BCUT2D eigenvalue weighted by Crippen LogP contribution is 2.32. The molecule has 4 heteroatoms. The second-order valence-corrected chi connectivity index (χ2v) is 5.73. The molecule has 4 nitrogen and oxygen atoms in total. The maximum Gasteiger partial charge on any atom is 0.315 e. The van der Waals surface area contributed by atoms with E-state index < -0.39 is 0 Å². The number of esters is 1. The maximum atomic E-state index is 11.9. The van der Waals surface area contributed by atoms with Crippen molar-refractivity contribution < 1.29 is 13.9 Å². The molecule has 0 unspecified atom stereocenters. The van der Waals surface area contributed by atoms with E-state index in [0.717, 1.165) is 16.8 Å². The van der Waals surface area contributed by atoms with Crippen LogP contribution in [0.1, 0.15) is 19.7 Å². The summed E-state index contributed by atoms with van der Waals surface area (Å²) in [6.45, 7) is 3.64. The molecule has 0 N–H and O–H groups in total. The third-order valence-electron chi connectivity index (χ3n) is 3.42. The molecule has 0 radical (unpaired) electrons. The summed E-state index contributed by atoms with van der Waals surface area (Å²) in [6.07, 6.45) is -0.139. The Bertz CT molecular complexity index is 750. The standard InChI is InChI=1S/C20H19NO3/c1-14(2)23-18(22)13-17-21-19(15-9-5-3-6-10-15)20(24-17)16-11-7-4-8-12-16/h3-12,14H,13H2,1-2H3. The zero-order chi connectivity index (χ0) is 16.9. The number of benzene rings is 2.